The topological polar surface area (TPSA) is 71.2 Å². The maximum Gasteiger partial charge on any atom is 0.270 e. The van der Waals surface area contributed by atoms with Crippen LogP contribution in [-0.2, 0) is 0 Å². The molecule has 112 valence electrons. The van der Waals surface area contributed by atoms with Crippen LogP contribution < -0.4 is 11.1 Å². The Morgan fingerprint density at radius 2 is 2.30 bits per heavy atom. The Kier molecular flexibility index (Phi) is 5.51. The second-order valence-corrected chi connectivity index (χ2v) is 6.42. The molecular weight excluding hydrogens is 272 g/mol. The van der Waals surface area contributed by atoms with E-state index in [-0.39, 0.29) is 11.9 Å². The molecule has 1 fully saturated rings. The summed E-state index contributed by atoms with van der Waals surface area (Å²) in [6, 6.07) is 0.575. The number of hydrogen-bond acceptors (Lipinski definition) is 5. The van der Waals surface area contributed by atoms with E-state index in [0.29, 0.717) is 18.3 Å². The lowest BCUT2D eigenvalue weighted by atomic mass is 10.2. The van der Waals surface area contributed by atoms with Crippen molar-refractivity contribution in [1.82, 2.24) is 15.2 Å². The number of amides is 1. The van der Waals surface area contributed by atoms with E-state index in [9.17, 15) is 4.79 Å². The minimum atomic E-state index is -0.116. The largest absolute Gasteiger partial charge is 0.349 e. The van der Waals surface area contributed by atoms with E-state index < -0.39 is 0 Å². The fraction of sp³-hybridized carbons (Fsp3) is 0.714. The monoisotopic (exact) mass is 296 g/mol. The van der Waals surface area contributed by atoms with Gasteiger partial charge in [-0.3, -0.25) is 4.79 Å². The lowest BCUT2D eigenvalue weighted by Gasteiger charge is -2.23. The molecular formula is C14H24N4OS. The molecule has 1 atom stereocenters. The van der Waals surface area contributed by atoms with Gasteiger partial charge >= 0.3 is 0 Å². The second kappa shape index (κ2) is 7.15. The molecule has 20 heavy (non-hydrogen) atoms. The molecule has 1 aromatic heterocycles. The van der Waals surface area contributed by atoms with E-state index in [4.69, 9.17) is 5.73 Å². The summed E-state index contributed by atoms with van der Waals surface area (Å²) >= 11 is 1.44. The smallest absolute Gasteiger partial charge is 0.270 e. The van der Waals surface area contributed by atoms with Crippen molar-refractivity contribution in [3.63, 3.8) is 0 Å². The molecule has 1 aliphatic rings. The Bertz CT molecular complexity index is 440. The Hall–Kier alpha value is -0.980. The van der Waals surface area contributed by atoms with E-state index in [2.05, 4.69) is 22.2 Å². The number of nitrogens with one attached hydrogen (secondary N) is 1. The first-order chi connectivity index (χ1) is 9.58. The van der Waals surface area contributed by atoms with Gasteiger partial charge in [0.1, 0.15) is 10.7 Å². The highest BCUT2D eigenvalue weighted by molar-refractivity contribution is 7.09. The first kappa shape index (κ1) is 15.4. The van der Waals surface area contributed by atoms with Crippen molar-refractivity contribution < 1.29 is 4.79 Å². The molecule has 0 aromatic carbocycles. The number of hydrogen-bond donors (Lipinski definition) is 2. The Balaban J connectivity index is 1.74. The average molecular weight is 296 g/mol. The van der Waals surface area contributed by atoms with Crippen LogP contribution in [0.4, 0.5) is 0 Å². The van der Waals surface area contributed by atoms with Crippen molar-refractivity contribution in [3.8, 4) is 0 Å². The zero-order chi connectivity index (χ0) is 14.5. The van der Waals surface area contributed by atoms with Gasteiger partial charge in [0.2, 0.25) is 0 Å². The van der Waals surface area contributed by atoms with Crippen LogP contribution in [0.15, 0.2) is 5.38 Å². The zero-order valence-corrected chi connectivity index (χ0v) is 13.1. The van der Waals surface area contributed by atoms with E-state index in [0.717, 1.165) is 11.6 Å². The summed E-state index contributed by atoms with van der Waals surface area (Å²) in [5, 5.41) is 5.50. The van der Waals surface area contributed by atoms with Crippen LogP contribution in [0.5, 0.6) is 0 Å². The van der Waals surface area contributed by atoms with Gasteiger partial charge < -0.3 is 16.0 Å². The predicted octanol–water partition coefficient (Wildman–Crippen LogP) is 1.77. The number of nitrogens with two attached hydrogens (primary N) is 1. The first-order valence-electron chi connectivity index (χ1n) is 7.27. The molecule has 1 aromatic rings. The number of nitrogens with zero attached hydrogens (tertiary/aromatic N) is 2. The van der Waals surface area contributed by atoms with Crippen LogP contribution in [0.1, 0.15) is 54.1 Å². The molecule has 6 heteroatoms. The SMILES string of the molecule is CC(N)c1nc(C(=O)NCCN(C)C2CCCC2)cs1. The third-order valence-corrected chi connectivity index (χ3v) is 4.89. The van der Waals surface area contributed by atoms with Gasteiger partial charge in [-0.1, -0.05) is 12.8 Å². The third-order valence-electron chi connectivity index (χ3n) is 3.84. The van der Waals surface area contributed by atoms with Crippen molar-refractivity contribution in [3.05, 3.63) is 16.1 Å². The molecule has 1 aliphatic carbocycles. The van der Waals surface area contributed by atoms with Gasteiger partial charge in [0, 0.05) is 24.5 Å². The molecule has 5 nitrogen and oxygen atoms in total. The van der Waals surface area contributed by atoms with Crippen LogP contribution in [0.3, 0.4) is 0 Å². The van der Waals surface area contributed by atoms with Crippen LogP contribution in [0.2, 0.25) is 0 Å². The number of aromatic nitrogens is 1. The molecule has 0 aliphatic heterocycles. The van der Waals surface area contributed by atoms with Crippen LogP contribution in [0, 0.1) is 0 Å². The summed E-state index contributed by atoms with van der Waals surface area (Å²) < 4.78 is 0. The minimum absolute atomic E-state index is 0.104. The molecule has 1 amide bonds. The highest BCUT2D eigenvalue weighted by Gasteiger charge is 2.19. The Morgan fingerprint density at radius 1 is 1.60 bits per heavy atom. The molecule has 1 heterocycles. The summed E-state index contributed by atoms with van der Waals surface area (Å²) in [6.07, 6.45) is 5.24. The lowest BCUT2D eigenvalue weighted by molar-refractivity contribution is 0.0942. The molecule has 0 radical (unpaired) electrons. The third kappa shape index (κ3) is 4.01. The molecule has 0 spiro atoms. The predicted molar refractivity (Wildman–Crippen MR) is 81.9 cm³/mol. The molecule has 3 N–H and O–H groups in total. The quantitative estimate of drug-likeness (QED) is 0.839. The Morgan fingerprint density at radius 3 is 2.90 bits per heavy atom. The maximum atomic E-state index is 12.0. The fourth-order valence-electron chi connectivity index (χ4n) is 2.56. The summed E-state index contributed by atoms with van der Waals surface area (Å²) in [5.41, 5.74) is 6.22. The standard InChI is InChI=1S/C14H24N4OS/c1-10(15)14-17-12(9-20-14)13(19)16-7-8-18(2)11-5-3-4-6-11/h9-11H,3-8,15H2,1-2H3,(H,16,19). The van der Waals surface area contributed by atoms with Crippen molar-refractivity contribution in [2.24, 2.45) is 5.73 Å². The van der Waals surface area contributed by atoms with E-state index in [1.54, 1.807) is 5.38 Å². The minimum Gasteiger partial charge on any atom is -0.349 e. The summed E-state index contributed by atoms with van der Waals surface area (Å²) in [7, 11) is 2.14. The molecule has 2 rings (SSSR count). The first-order valence-corrected chi connectivity index (χ1v) is 8.15. The van der Waals surface area contributed by atoms with Crippen molar-refractivity contribution in [2.45, 2.75) is 44.7 Å². The van der Waals surface area contributed by atoms with Gasteiger partial charge in [-0.25, -0.2) is 4.98 Å². The second-order valence-electron chi connectivity index (χ2n) is 5.53. The van der Waals surface area contributed by atoms with Gasteiger partial charge in [0.25, 0.3) is 5.91 Å². The highest BCUT2D eigenvalue weighted by atomic mass is 32.1. The zero-order valence-electron chi connectivity index (χ0n) is 12.3. The Labute approximate surface area is 124 Å². The number of carbonyl (C=O) groups excluding carboxylic acids is 1. The average Bonchev–Trinajstić information content (AvgIpc) is 3.09. The summed E-state index contributed by atoms with van der Waals surface area (Å²) in [6.45, 7) is 3.43. The molecule has 1 saturated carbocycles. The highest BCUT2D eigenvalue weighted by Crippen LogP contribution is 2.21. The van der Waals surface area contributed by atoms with E-state index in [1.165, 1.54) is 37.0 Å². The van der Waals surface area contributed by atoms with Crippen molar-refractivity contribution in [1.29, 1.82) is 0 Å². The lowest BCUT2D eigenvalue weighted by Crippen LogP contribution is -2.37. The van der Waals surface area contributed by atoms with Gasteiger partial charge in [-0.05, 0) is 26.8 Å². The van der Waals surface area contributed by atoms with Gasteiger partial charge in [0.05, 0.1) is 6.04 Å². The molecule has 0 bridgehead atoms. The van der Waals surface area contributed by atoms with Crippen molar-refractivity contribution >= 4 is 17.2 Å². The van der Waals surface area contributed by atoms with Gasteiger partial charge in [0.15, 0.2) is 0 Å². The fourth-order valence-corrected chi connectivity index (χ4v) is 3.32. The molecule has 0 saturated heterocycles. The normalized spacial score (nSPS) is 17.6. The molecule has 1 unspecified atom stereocenters. The van der Waals surface area contributed by atoms with Crippen LogP contribution in [0.25, 0.3) is 0 Å². The summed E-state index contributed by atoms with van der Waals surface area (Å²) in [5.74, 6) is -0.104. The van der Waals surface area contributed by atoms with Crippen LogP contribution >= 0.6 is 11.3 Å². The van der Waals surface area contributed by atoms with Gasteiger partial charge in [-0.15, -0.1) is 11.3 Å². The maximum absolute atomic E-state index is 12.0. The van der Waals surface area contributed by atoms with Crippen molar-refractivity contribution in [2.75, 3.05) is 20.1 Å². The number of likely N-dealkylation sites (N-methyl/N-ethyl adjacent to an activating group) is 1. The summed E-state index contributed by atoms with van der Waals surface area (Å²) in [4.78, 5) is 18.6. The number of carbonyl (C=O) groups is 1. The van der Waals surface area contributed by atoms with Gasteiger partial charge in [-0.2, -0.15) is 0 Å². The van der Waals surface area contributed by atoms with Crippen LogP contribution in [-0.4, -0.2) is 42.0 Å². The number of thiazole rings is 1. The van der Waals surface area contributed by atoms with E-state index in [1.807, 2.05) is 6.92 Å². The number of rotatable bonds is 6. The van der Waals surface area contributed by atoms with E-state index >= 15 is 0 Å².